The van der Waals surface area contributed by atoms with E-state index >= 15 is 0 Å². The Kier molecular flexibility index (Phi) is 5.24. The molecule has 0 aromatic carbocycles. The molecule has 0 amide bonds. The second kappa shape index (κ2) is 7.08. The maximum absolute atomic E-state index is 13.7. The first kappa shape index (κ1) is 25.2. The molecule has 6 N–H and O–H groups in total. The van der Waals surface area contributed by atoms with Crippen molar-refractivity contribution in [3.05, 3.63) is 12.2 Å². The smallest absolute Gasteiger partial charge is 0.391 e. The number of Topliss-reactive ketones (excluding diaryl/α,β-unsaturated/α-hetero) is 1. The van der Waals surface area contributed by atoms with Gasteiger partial charge in [-0.1, -0.05) is 20.4 Å². The van der Waals surface area contributed by atoms with Gasteiger partial charge in [0.1, 0.15) is 11.5 Å². The minimum absolute atomic E-state index is 0.0741. The van der Waals surface area contributed by atoms with Crippen molar-refractivity contribution in [1.29, 1.82) is 0 Å². The largest absolute Gasteiger partial charge is 0.470 e. The molecule has 192 valence electrons. The average molecular weight is 524 g/mol. The van der Waals surface area contributed by atoms with Crippen LogP contribution in [0.15, 0.2) is 12.2 Å². The Bertz CT molecular complexity index is 1050. The molecule has 14 heteroatoms. The predicted octanol–water partition coefficient (Wildman–Crippen LogP) is 0.610. The molecule has 4 bridgehead atoms. The Labute approximate surface area is 195 Å². The first-order valence-electron chi connectivity index (χ1n) is 11.2. The second-order valence-corrected chi connectivity index (χ2v) is 13.5. The Morgan fingerprint density at radius 1 is 1.06 bits per heavy atom. The fourth-order valence-electron chi connectivity index (χ4n) is 8.43. The number of carbonyl (C=O) groups excluding carboxylic acids is 1. The van der Waals surface area contributed by atoms with Crippen molar-refractivity contribution in [1.82, 2.24) is 0 Å². The third kappa shape index (κ3) is 2.90. The number of hydrogen-bond acceptors (Lipinski definition) is 8. The minimum atomic E-state index is -5.27. The van der Waals surface area contributed by atoms with Crippen LogP contribution in [0.5, 0.6) is 0 Å². The van der Waals surface area contributed by atoms with E-state index in [2.05, 4.69) is 6.58 Å². The van der Waals surface area contributed by atoms with E-state index in [1.54, 1.807) is 13.8 Å². The third-order valence-electron chi connectivity index (χ3n) is 9.34. The van der Waals surface area contributed by atoms with E-state index in [0.29, 0.717) is 12.8 Å². The van der Waals surface area contributed by atoms with E-state index in [0.717, 1.165) is 0 Å². The van der Waals surface area contributed by atoms with Gasteiger partial charge in [0.05, 0.1) is 18.8 Å². The molecule has 0 radical (unpaired) electrons. The molecule has 4 aliphatic carbocycles. The molecule has 0 aromatic rings. The van der Waals surface area contributed by atoms with Gasteiger partial charge in [0.15, 0.2) is 5.78 Å². The standard InChI is InChI=1S/C20H30O12P2/c1-9-10-4-5-11-18-8-30-20(23,19(11,14(9)21)15(10)22)16(32-34(27,28)29)13(18)17(2,3)7-6-12(18)31-33(24,25)26/h10-13,15-16,22-23H,1,4-8H2,2-3H3,(H2,24,25,26)(H2,27,28,29)/t10?,11?,12-,13?,15+,16-,18?,19?,20-/m0/s1. The van der Waals surface area contributed by atoms with Crippen LogP contribution >= 0.6 is 15.6 Å². The highest BCUT2D eigenvalue weighted by Gasteiger charge is 2.88. The molecule has 6 fully saturated rings. The van der Waals surface area contributed by atoms with Gasteiger partial charge in [-0.3, -0.25) is 13.8 Å². The fraction of sp³-hybridized carbons (Fsp3) is 0.850. The topological polar surface area (TPSA) is 200 Å². The summed E-state index contributed by atoms with van der Waals surface area (Å²) < 4.78 is 40.3. The summed E-state index contributed by atoms with van der Waals surface area (Å²) in [5, 5.41) is 23.5. The molecule has 2 spiro atoms. The minimum Gasteiger partial charge on any atom is -0.391 e. The summed E-state index contributed by atoms with van der Waals surface area (Å²) >= 11 is 0. The zero-order chi connectivity index (χ0) is 25.3. The number of fused-ring (bicyclic) bond motifs is 2. The van der Waals surface area contributed by atoms with Crippen LogP contribution in [-0.4, -0.2) is 66.3 Å². The van der Waals surface area contributed by atoms with Gasteiger partial charge in [-0.05, 0) is 42.6 Å². The highest BCUT2D eigenvalue weighted by Crippen LogP contribution is 2.78. The van der Waals surface area contributed by atoms with Gasteiger partial charge in [0.25, 0.3) is 0 Å². The quantitative estimate of drug-likeness (QED) is 0.221. The SMILES string of the molecule is C=C1C(=O)C23C(CCC1[C@H]2O)C12CO[C@@]3(O)[C@@H](OP(=O)(O)O)C1C(C)(C)CC[C@@H]2OP(=O)(O)O. The number of aliphatic hydroxyl groups excluding tert-OH is 1. The van der Waals surface area contributed by atoms with E-state index < -0.39 is 79.5 Å². The van der Waals surface area contributed by atoms with Crippen LogP contribution in [0.2, 0.25) is 0 Å². The van der Waals surface area contributed by atoms with Gasteiger partial charge in [-0.15, -0.1) is 0 Å². The Hall–Kier alpha value is -0.490. The van der Waals surface area contributed by atoms with Crippen LogP contribution in [0.1, 0.15) is 39.5 Å². The molecule has 0 aromatic heterocycles. The first-order chi connectivity index (χ1) is 15.4. The summed E-state index contributed by atoms with van der Waals surface area (Å²) in [4.78, 5) is 52.7. The van der Waals surface area contributed by atoms with Crippen LogP contribution in [0.25, 0.3) is 0 Å². The van der Waals surface area contributed by atoms with Gasteiger partial charge in [0.2, 0.25) is 5.79 Å². The van der Waals surface area contributed by atoms with Crippen LogP contribution in [-0.2, 0) is 27.7 Å². The van der Waals surface area contributed by atoms with Crippen molar-refractivity contribution in [2.75, 3.05) is 6.61 Å². The number of phosphoric ester groups is 2. The lowest BCUT2D eigenvalue weighted by Crippen LogP contribution is -2.85. The fourth-order valence-corrected chi connectivity index (χ4v) is 9.62. The molecule has 34 heavy (non-hydrogen) atoms. The van der Waals surface area contributed by atoms with E-state index in [1.807, 2.05) is 0 Å². The zero-order valence-electron chi connectivity index (χ0n) is 18.7. The van der Waals surface area contributed by atoms with E-state index in [4.69, 9.17) is 13.8 Å². The van der Waals surface area contributed by atoms with Crippen molar-refractivity contribution >= 4 is 21.4 Å². The number of ether oxygens (including phenoxy) is 1. The maximum Gasteiger partial charge on any atom is 0.470 e. The first-order valence-corrected chi connectivity index (χ1v) is 14.3. The average Bonchev–Trinajstić information content (AvgIpc) is 2.78. The number of hydrogen-bond donors (Lipinski definition) is 6. The molecule has 2 aliphatic heterocycles. The third-order valence-corrected chi connectivity index (χ3v) is 10.4. The highest BCUT2D eigenvalue weighted by atomic mass is 31.2. The summed E-state index contributed by atoms with van der Waals surface area (Å²) in [6.45, 7) is 7.12. The number of phosphoric acid groups is 2. The van der Waals surface area contributed by atoms with Crippen molar-refractivity contribution in [3.8, 4) is 0 Å². The molecule has 12 nitrogen and oxygen atoms in total. The lowest BCUT2D eigenvalue weighted by atomic mass is 9.35. The Balaban J connectivity index is 1.82. The van der Waals surface area contributed by atoms with Crippen LogP contribution < -0.4 is 0 Å². The number of ketones is 1. The molecule has 6 rings (SSSR count). The molecular weight excluding hydrogens is 494 g/mol. The van der Waals surface area contributed by atoms with Crippen molar-refractivity contribution in [2.45, 2.75) is 63.6 Å². The van der Waals surface area contributed by atoms with Crippen molar-refractivity contribution in [3.63, 3.8) is 0 Å². The van der Waals surface area contributed by atoms with Crippen LogP contribution in [0, 0.1) is 34.0 Å². The normalized spacial score (nSPS) is 49.6. The lowest BCUT2D eigenvalue weighted by Gasteiger charge is -2.75. The number of rotatable bonds is 4. The van der Waals surface area contributed by atoms with Gasteiger partial charge in [-0.25, -0.2) is 9.13 Å². The number of carbonyl (C=O) groups is 1. The summed E-state index contributed by atoms with van der Waals surface area (Å²) in [6.07, 6.45) is -3.36. The van der Waals surface area contributed by atoms with Gasteiger partial charge >= 0.3 is 15.6 Å². The van der Waals surface area contributed by atoms with E-state index in [-0.39, 0.29) is 25.0 Å². The number of aliphatic hydroxyl groups is 2. The van der Waals surface area contributed by atoms with E-state index in [1.165, 1.54) is 0 Å². The monoisotopic (exact) mass is 524 g/mol. The predicted molar refractivity (Wildman–Crippen MR) is 112 cm³/mol. The Morgan fingerprint density at radius 2 is 1.68 bits per heavy atom. The van der Waals surface area contributed by atoms with Crippen LogP contribution in [0.4, 0.5) is 0 Å². The summed E-state index contributed by atoms with van der Waals surface area (Å²) in [5.41, 5.74) is -4.18. The van der Waals surface area contributed by atoms with E-state index in [9.17, 15) is 43.7 Å². The Morgan fingerprint density at radius 3 is 2.26 bits per heavy atom. The summed E-state index contributed by atoms with van der Waals surface area (Å²) in [7, 11) is -10.3. The summed E-state index contributed by atoms with van der Waals surface area (Å²) in [6, 6.07) is 0. The molecule has 4 saturated carbocycles. The molecule has 9 atom stereocenters. The zero-order valence-corrected chi connectivity index (χ0v) is 20.5. The highest BCUT2D eigenvalue weighted by molar-refractivity contribution is 7.46. The van der Waals surface area contributed by atoms with Gasteiger partial charge in [0, 0.05) is 17.3 Å². The molecule has 6 aliphatic rings. The van der Waals surface area contributed by atoms with Gasteiger partial charge < -0.3 is 34.5 Å². The molecule has 5 unspecified atom stereocenters. The molecule has 2 heterocycles. The maximum atomic E-state index is 13.7. The molecule has 2 saturated heterocycles. The van der Waals surface area contributed by atoms with Crippen molar-refractivity contribution in [2.24, 2.45) is 34.0 Å². The lowest BCUT2D eigenvalue weighted by molar-refractivity contribution is -0.454. The van der Waals surface area contributed by atoms with Crippen LogP contribution in [0.3, 0.4) is 0 Å². The molecular formula is C20H30O12P2. The second-order valence-electron chi connectivity index (χ2n) is 11.1. The van der Waals surface area contributed by atoms with Crippen molar-refractivity contribution < 1.29 is 57.5 Å². The summed E-state index contributed by atoms with van der Waals surface area (Å²) in [5.74, 6) is -5.79. The van der Waals surface area contributed by atoms with Gasteiger partial charge in [-0.2, -0.15) is 0 Å².